The first-order chi connectivity index (χ1) is 8.93. The van der Waals surface area contributed by atoms with Gasteiger partial charge in [-0.2, -0.15) is 12.6 Å². The summed E-state index contributed by atoms with van der Waals surface area (Å²) in [5, 5.41) is 0. The van der Waals surface area contributed by atoms with E-state index >= 15 is 0 Å². The molecule has 1 aliphatic rings. The molecule has 0 nitrogen and oxygen atoms in total. The van der Waals surface area contributed by atoms with Crippen LogP contribution in [-0.2, 0) is 0 Å². The van der Waals surface area contributed by atoms with Crippen LogP contribution in [0.2, 0.25) is 0 Å². The Kier molecular flexibility index (Phi) is 11.3. The summed E-state index contributed by atoms with van der Waals surface area (Å²) in [6.07, 6.45) is 22.1. The summed E-state index contributed by atoms with van der Waals surface area (Å²) in [7, 11) is 0. The van der Waals surface area contributed by atoms with Gasteiger partial charge in [-0.25, -0.2) is 0 Å². The van der Waals surface area contributed by atoms with E-state index in [1.54, 1.807) is 0 Å². The Morgan fingerprint density at radius 2 is 1.06 bits per heavy atom. The highest BCUT2D eigenvalue weighted by Crippen LogP contribution is 2.31. The minimum Gasteiger partial charge on any atom is -0.179 e. The fraction of sp³-hybridized carbons (Fsp3) is 1.00. The molecule has 0 heterocycles. The fourth-order valence-corrected chi connectivity index (χ4v) is 3.14. The minimum absolute atomic E-state index is 1.07. The summed E-state index contributed by atoms with van der Waals surface area (Å²) in [5.41, 5.74) is 0. The zero-order valence-corrected chi connectivity index (χ0v) is 13.2. The lowest BCUT2D eigenvalue weighted by atomic mass is 9.81. The van der Waals surface area contributed by atoms with E-state index in [0.717, 1.165) is 11.7 Å². The molecule has 0 unspecified atom stereocenters. The van der Waals surface area contributed by atoms with Crippen LogP contribution in [0.1, 0.15) is 96.3 Å². The van der Waals surface area contributed by atoms with E-state index < -0.39 is 0 Å². The molecular weight excluding hydrogens is 236 g/mol. The monoisotopic (exact) mass is 270 g/mol. The fourth-order valence-electron chi connectivity index (χ4n) is 2.92. The Labute approximate surface area is 121 Å². The quantitative estimate of drug-likeness (QED) is 0.290. The number of unbranched alkanes of at least 4 members (excludes halogenated alkanes) is 10. The van der Waals surface area contributed by atoms with E-state index in [1.165, 1.54) is 96.3 Å². The van der Waals surface area contributed by atoms with Crippen molar-refractivity contribution in [2.75, 3.05) is 5.75 Å². The molecule has 1 saturated carbocycles. The SMILES string of the molecule is SCCCCCCCCCCCCCC1CCC1. The van der Waals surface area contributed by atoms with Crippen LogP contribution in [0.5, 0.6) is 0 Å². The van der Waals surface area contributed by atoms with Gasteiger partial charge in [0.15, 0.2) is 0 Å². The molecule has 0 atom stereocenters. The highest BCUT2D eigenvalue weighted by atomic mass is 32.1. The van der Waals surface area contributed by atoms with E-state index in [2.05, 4.69) is 12.6 Å². The number of thiol groups is 1. The third kappa shape index (κ3) is 9.30. The maximum atomic E-state index is 4.24. The summed E-state index contributed by atoms with van der Waals surface area (Å²) < 4.78 is 0. The molecule has 0 bridgehead atoms. The van der Waals surface area contributed by atoms with Crippen molar-refractivity contribution in [1.82, 2.24) is 0 Å². The summed E-state index contributed by atoms with van der Waals surface area (Å²) >= 11 is 4.24. The lowest BCUT2D eigenvalue weighted by molar-refractivity contribution is 0.286. The second kappa shape index (κ2) is 12.4. The molecule has 0 aromatic rings. The van der Waals surface area contributed by atoms with Gasteiger partial charge < -0.3 is 0 Å². The van der Waals surface area contributed by atoms with Crippen LogP contribution in [-0.4, -0.2) is 5.75 Å². The zero-order valence-electron chi connectivity index (χ0n) is 12.3. The van der Waals surface area contributed by atoms with Crippen LogP contribution >= 0.6 is 12.6 Å². The zero-order chi connectivity index (χ0) is 12.9. The molecule has 1 rings (SSSR count). The van der Waals surface area contributed by atoms with E-state index in [-0.39, 0.29) is 0 Å². The smallest absolute Gasteiger partial charge is 0.00979 e. The number of rotatable bonds is 13. The van der Waals surface area contributed by atoms with Crippen LogP contribution in [0.4, 0.5) is 0 Å². The van der Waals surface area contributed by atoms with Crippen molar-refractivity contribution < 1.29 is 0 Å². The van der Waals surface area contributed by atoms with Crippen molar-refractivity contribution in [2.45, 2.75) is 96.3 Å². The van der Waals surface area contributed by atoms with Gasteiger partial charge in [0.25, 0.3) is 0 Å². The highest BCUT2D eigenvalue weighted by molar-refractivity contribution is 7.80. The van der Waals surface area contributed by atoms with Gasteiger partial charge in [0, 0.05) is 0 Å². The average Bonchev–Trinajstić information content (AvgIpc) is 2.33. The maximum absolute atomic E-state index is 4.24. The van der Waals surface area contributed by atoms with Crippen molar-refractivity contribution >= 4 is 12.6 Å². The largest absolute Gasteiger partial charge is 0.179 e. The second-order valence-corrected chi connectivity index (χ2v) is 6.65. The molecule has 18 heavy (non-hydrogen) atoms. The summed E-state index contributed by atoms with van der Waals surface area (Å²) in [4.78, 5) is 0. The van der Waals surface area contributed by atoms with Gasteiger partial charge >= 0.3 is 0 Å². The normalized spacial score (nSPS) is 15.8. The molecule has 1 heteroatoms. The van der Waals surface area contributed by atoms with E-state index in [9.17, 15) is 0 Å². The topological polar surface area (TPSA) is 0 Å². The average molecular weight is 271 g/mol. The lowest BCUT2D eigenvalue weighted by Crippen LogP contribution is -2.10. The Morgan fingerprint density at radius 1 is 0.611 bits per heavy atom. The molecule has 0 aliphatic heterocycles. The Hall–Kier alpha value is 0.350. The Bertz CT molecular complexity index is 163. The summed E-state index contributed by atoms with van der Waals surface area (Å²) in [6, 6.07) is 0. The number of hydrogen-bond acceptors (Lipinski definition) is 1. The second-order valence-electron chi connectivity index (χ2n) is 6.20. The van der Waals surface area contributed by atoms with Crippen molar-refractivity contribution in [2.24, 2.45) is 5.92 Å². The van der Waals surface area contributed by atoms with Crippen molar-refractivity contribution in [1.29, 1.82) is 0 Å². The van der Waals surface area contributed by atoms with Gasteiger partial charge in [0.2, 0.25) is 0 Å². The Balaban J connectivity index is 1.63. The summed E-state index contributed by atoms with van der Waals surface area (Å²) in [6.45, 7) is 0. The van der Waals surface area contributed by atoms with Crippen LogP contribution in [0.15, 0.2) is 0 Å². The first kappa shape index (κ1) is 16.4. The molecule has 0 amide bonds. The van der Waals surface area contributed by atoms with E-state index in [1.807, 2.05) is 0 Å². The van der Waals surface area contributed by atoms with E-state index in [4.69, 9.17) is 0 Å². The molecule has 0 radical (unpaired) electrons. The molecule has 0 saturated heterocycles. The molecule has 1 aliphatic carbocycles. The molecule has 0 aromatic heterocycles. The van der Waals surface area contributed by atoms with Crippen LogP contribution in [0, 0.1) is 5.92 Å². The lowest BCUT2D eigenvalue weighted by Gasteiger charge is -2.24. The van der Waals surface area contributed by atoms with Gasteiger partial charge in [-0.1, -0.05) is 89.9 Å². The van der Waals surface area contributed by atoms with Gasteiger partial charge in [-0.05, 0) is 18.1 Å². The van der Waals surface area contributed by atoms with Crippen LogP contribution < -0.4 is 0 Å². The third-order valence-electron chi connectivity index (χ3n) is 4.50. The van der Waals surface area contributed by atoms with Gasteiger partial charge in [0.05, 0.1) is 0 Å². The minimum atomic E-state index is 1.07. The first-order valence-electron chi connectivity index (χ1n) is 8.54. The highest BCUT2D eigenvalue weighted by Gasteiger charge is 2.15. The van der Waals surface area contributed by atoms with Gasteiger partial charge in [0.1, 0.15) is 0 Å². The standard InChI is InChI=1S/C17H34S/c18-16-11-9-7-5-3-1-2-4-6-8-10-13-17-14-12-15-17/h17-18H,1-16H2. The molecule has 1 fully saturated rings. The molecule has 0 N–H and O–H groups in total. The third-order valence-corrected chi connectivity index (χ3v) is 4.81. The first-order valence-corrected chi connectivity index (χ1v) is 9.17. The molecular formula is C17H34S. The number of hydrogen-bond donors (Lipinski definition) is 1. The van der Waals surface area contributed by atoms with Gasteiger partial charge in [-0.3, -0.25) is 0 Å². The van der Waals surface area contributed by atoms with E-state index in [0.29, 0.717) is 0 Å². The van der Waals surface area contributed by atoms with Crippen molar-refractivity contribution in [3.8, 4) is 0 Å². The molecule has 0 aromatic carbocycles. The maximum Gasteiger partial charge on any atom is -0.00979 e. The molecule has 108 valence electrons. The van der Waals surface area contributed by atoms with Crippen molar-refractivity contribution in [3.05, 3.63) is 0 Å². The Morgan fingerprint density at radius 3 is 1.44 bits per heavy atom. The van der Waals surface area contributed by atoms with Crippen LogP contribution in [0.25, 0.3) is 0 Å². The van der Waals surface area contributed by atoms with Crippen molar-refractivity contribution in [3.63, 3.8) is 0 Å². The predicted molar refractivity (Wildman–Crippen MR) is 86.6 cm³/mol. The predicted octanol–water partition coefficient (Wildman–Crippen LogP) is 6.40. The van der Waals surface area contributed by atoms with Gasteiger partial charge in [-0.15, -0.1) is 0 Å². The summed E-state index contributed by atoms with van der Waals surface area (Å²) in [5.74, 6) is 2.20. The van der Waals surface area contributed by atoms with Crippen LogP contribution in [0.3, 0.4) is 0 Å². The molecule has 0 spiro atoms.